The van der Waals surface area contributed by atoms with E-state index in [2.05, 4.69) is 10.5 Å². The van der Waals surface area contributed by atoms with Gasteiger partial charge in [0, 0.05) is 13.0 Å². The minimum Gasteiger partial charge on any atom is -0.478 e. The van der Waals surface area contributed by atoms with Crippen LogP contribution in [0.2, 0.25) is 0 Å². The van der Waals surface area contributed by atoms with E-state index in [-0.39, 0.29) is 0 Å². The third kappa shape index (κ3) is 0.692. The number of nitroso groups, excluding NO2 is 1. The van der Waals surface area contributed by atoms with E-state index in [1.54, 1.807) is 0 Å². The number of hydrogen-bond acceptors (Lipinski definition) is 4. The maximum absolute atomic E-state index is 10.2. The Hall–Kier alpha value is -0.970. The van der Waals surface area contributed by atoms with Crippen molar-refractivity contribution in [1.82, 2.24) is 5.32 Å². The second-order valence-electron chi connectivity index (χ2n) is 1.93. The summed E-state index contributed by atoms with van der Waals surface area (Å²) in [7, 11) is 0. The van der Waals surface area contributed by atoms with Gasteiger partial charge in [0.15, 0.2) is 0 Å². The summed E-state index contributed by atoms with van der Waals surface area (Å²) in [5.41, 5.74) is -1.50. The Morgan fingerprint density at radius 1 is 1.78 bits per heavy atom. The summed E-state index contributed by atoms with van der Waals surface area (Å²) in [6, 6.07) is 0. The Bertz CT molecular complexity index is 152. The molecular formula is C4H6N2O3. The van der Waals surface area contributed by atoms with E-state index >= 15 is 0 Å². The van der Waals surface area contributed by atoms with Gasteiger partial charge in [0.05, 0.1) is 0 Å². The lowest BCUT2D eigenvalue weighted by molar-refractivity contribution is -0.147. The van der Waals surface area contributed by atoms with Crippen molar-refractivity contribution in [1.29, 1.82) is 0 Å². The highest BCUT2D eigenvalue weighted by molar-refractivity contribution is 5.79. The van der Waals surface area contributed by atoms with Crippen LogP contribution in [0.15, 0.2) is 5.18 Å². The van der Waals surface area contributed by atoms with Crippen LogP contribution in [-0.2, 0) is 4.79 Å². The first kappa shape index (κ1) is 6.15. The SMILES string of the molecule is O=NC1(C(=O)O)CCN1. The molecule has 0 aliphatic carbocycles. The molecule has 1 rings (SSSR count). The van der Waals surface area contributed by atoms with E-state index in [1.807, 2.05) is 0 Å². The number of hydrogen-bond donors (Lipinski definition) is 2. The number of carbonyl (C=O) groups is 1. The Labute approximate surface area is 51.0 Å². The zero-order chi connectivity index (χ0) is 6.91. The van der Waals surface area contributed by atoms with Gasteiger partial charge in [0.1, 0.15) is 0 Å². The summed E-state index contributed by atoms with van der Waals surface area (Å²) in [5.74, 6) is -1.19. The molecule has 1 heterocycles. The first-order valence-electron chi connectivity index (χ1n) is 2.54. The van der Waals surface area contributed by atoms with Crippen LogP contribution in [0.25, 0.3) is 0 Å². The second-order valence-corrected chi connectivity index (χ2v) is 1.93. The van der Waals surface area contributed by atoms with E-state index in [4.69, 9.17) is 5.11 Å². The third-order valence-electron chi connectivity index (χ3n) is 1.41. The lowest BCUT2D eigenvalue weighted by Crippen LogP contribution is -2.60. The van der Waals surface area contributed by atoms with Gasteiger partial charge in [-0.05, 0) is 5.18 Å². The molecule has 0 aromatic heterocycles. The van der Waals surface area contributed by atoms with Crippen LogP contribution in [0, 0.1) is 4.91 Å². The molecule has 0 aromatic carbocycles. The number of carboxylic acids is 1. The summed E-state index contributed by atoms with van der Waals surface area (Å²) >= 11 is 0. The standard InChI is InChI=1S/C4H6N2O3/c7-3(8)4(6-9)1-2-5-4/h5H,1-2H2,(H,7,8). The van der Waals surface area contributed by atoms with Crippen molar-refractivity contribution in [3.63, 3.8) is 0 Å². The minimum atomic E-state index is -1.50. The van der Waals surface area contributed by atoms with Gasteiger partial charge in [0.25, 0.3) is 5.66 Å². The van der Waals surface area contributed by atoms with Crippen molar-refractivity contribution in [2.75, 3.05) is 6.54 Å². The molecular weight excluding hydrogens is 124 g/mol. The lowest BCUT2D eigenvalue weighted by atomic mass is 10.0. The first-order valence-corrected chi connectivity index (χ1v) is 2.54. The number of carboxylic acid groups (broad SMARTS) is 1. The van der Waals surface area contributed by atoms with Gasteiger partial charge in [-0.25, -0.2) is 4.79 Å². The molecule has 1 aliphatic heterocycles. The monoisotopic (exact) mass is 130 g/mol. The zero-order valence-electron chi connectivity index (χ0n) is 4.63. The van der Waals surface area contributed by atoms with Crippen LogP contribution >= 0.6 is 0 Å². The van der Waals surface area contributed by atoms with Crippen LogP contribution in [0.4, 0.5) is 0 Å². The summed E-state index contributed by atoms with van der Waals surface area (Å²) < 4.78 is 0. The van der Waals surface area contributed by atoms with E-state index < -0.39 is 11.6 Å². The molecule has 0 spiro atoms. The molecule has 0 saturated carbocycles. The van der Waals surface area contributed by atoms with Crippen molar-refractivity contribution in [3.8, 4) is 0 Å². The largest absolute Gasteiger partial charge is 0.478 e. The molecule has 0 aromatic rings. The lowest BCUT2D eigenvalue weighted by Gasteiger charge is -2.31. The zero-order valence-corrected chi connectivity index (χ0v) is 4.63. The first-order chi connectivity index (χ1) is 4.21. The van der Waals surface area contributed by atoms with Gasteiger partial charge in [-0.3, -0.25) is 5.32 Å². The molecule has 0 bridgehead atoms. The molecule has 5 nitrogen and oxygen atoms in total. The number of nitrogens with zero attached hydrogens (tertiary/aromatic N) is 1. The molecule has 1 fully saturated rings. The Balaban J connectivity index is 2.68. The van der Waals surface area contributed by atoms with E-state index in [1.165, 1.54) is 0 Å². The summed E-state index contributed by atoms with van der Waals surface area (Å²) in [6.07, 6.45) is 0.297. The summed E-state index contributed by atoms with van der Waals surface area (Å²) in [5, 5.41) is 13.2. The molecule has 1 unspecified atom stereocenters. The van der Waals surface area contributed by atoms with Crippen molar-refractivity contribution in [2.45, 2.75) is 12.1 Å². The molecule has 0 amide bonds. The van der Waals surface area contributed by atoms with Gasteiger partial charge < -0.3 is 5.11 Å². The van der Waals surface area contributed by atoms with E-state index in [0.717, 1.165) is 0 Å². The predicted octanol–water partition coefficient (Wildman–Crippen LogP) is -0.473. The van der Waals surface area contributed by atoms with E-state index in [9.17, 15) is 9.70 Å². The Morgan fingerprint density at radius 3 is 2.33 bits per heavy atom. The molecule has 0 radical (unpaired) electrons. The highest BCUT2D eigenvalue weighted by Gasteiger charge is 2.46. The molecule has 50 valence electrons. The Morgan fingerprint density at radius 2 is 2.33 bits per heavy atom. The molecule has 1 saturated heterocycles. The predicted molar refractivity (Wildman–Crippen MR) is 28.8 cm³/mol. The fourth-order valence-electron chi connectivity index (χ4n) is 0.661. The maximum Gasteiger partial charge on any atom is 0.350 e. The van der Waals surface area contributed by atoms with Crippen LogP contribution in [0.5, 0.6) is 0 Å². The van der Waals surface area contributed by atoms with Crippen LogP contribution in [-0.4, -0.2) is 23.3 Å². The van der Waals surface area contributed by atoms with Crippen molar-refractivity contribution in [2.24, 2.45) is 5.18 Å². The number of rotatable bonds is 2. The van der Waals surface area contributed by atoms with Gasteiger partial charge in [-0.2, -0.15) is 0 Å². The molecule has 9 heavy (non-hydrogen) atoms. The van der Waals surface area contributed by atoms with Gasteiger partial charge in [-0.1, -0.05) is 0 Å². The topological polar surface area (TPSA) is 78.8 Å². The van der Waals surface area contributed by atoms with Gasteiger partial charge in [0.2, 0.25) is 0 Å². The van der Waals surface area contributed by atoms with E-state index in [0.29, 0.717) is 13.0 Å². The third-order valence-corrected chi connectivity index (χ3v) is 1.41. The molecule has 1 atom stereocenters. The van der Waals surface area contributed by atoms with Crippen molar-refractivity contribution in [3.05, 3.63) is 4.91 Å². The van der Waals surface area contributed by atoms with Crippen LogP contribution < -0.4 is 5.32 Å². The maximum atomic E-state index is 10.2. The average Bonchev–Trinajstić information content (AvgIpc) is 1.62. The Kier molecular flexibility index (Phi) is 1.21. The fraction of sp³-hybridized carbons (Fsp3) is 0.750. The fourth-order valence-corrected chi connectivity index (χ4v) is 0.661. The van der Waals surface area contributed by atoms with Gasteiger partial charge in [-0.15, -0.1) is 4.91 Å². The number of nitrogens with one attached hydrogen (secondary N) is 1. The second kappa shape index (κ2) is 1.77. The van der Waals surface area contributed by atoms with Crippen LogP contribution in [0.3, 0.4) is 0 Å². The van der Waals surface area contributed by atoms with Crippen molar-refractivity contribution < 1.29 is 9.90 Å². The summed E-state index contributed by atoms with van der Waals surface area (Å²) in [4.78, 5) is 20.0. The molecule has 1 aliphatic rings. The minimum absolute atomic E-state index is 0.297. The molecule has 5 heteroatoms. The van der Waals surface area contributed by atoms with Gasteiger partial charge >= 0.3 is 5.97 Å². The number of aliphatic carboxylic acids is 1. The normalized spacial score (nSPS) is 32.9. The summed E-state index contributed by atoms with van der Waals surface area (Å²) in [6.45, 7) is 0.554. The smallest absolute Gasteiger partial charge is 0.350 e. The quantitative estimate of drug-likeness (QED) is 0.495. The van der Waals surface area contributed by atoms with Crippen LogP contribution in [0.1, 0.15) is 6.42 Å². The highest BCUT2D eigenvalue weighted by Crippen LogP contribution is 2.19. The average molecular weight is 130 g/mol. The molecule has 2 N–H and O–H groups in total. The highest BCUT2D eigenvalue weighted by atomic mass is 16.4. The van der Waals surface area contributed by atoms with Crippen molar-refractivity contribution >= 4 is 5.97 Å².